The Morgan fingerprint density at radius 2 is 2.21 bits per heavy atom. The number of carboxylic acid groups (broad SMARTS) is 1. The van der Waals surface area contributed by atoms with Crippen LogP contribution in [0.5, 0.6) is 0 Å². The van der Waals surface area contributed by atoms with Crippen LogP contribution < -0.4 is 4.72 Å². The van der Waals surface area contributed by atoms with Crippen LogP contribution in [0.4, 0.5) is 0 Å². The molecule has 8 nitrogen and oxygen atoms in total. The van der Waals surface area contributed by atoms with Crippen molar-refractivity contribution in [1.82, 2.24) is 19.3 Å². The zero-order chi connectivity index (χ0) is 14.0. The van der Waals surface area contributed by atoms with Gasteiger partial charge in [0.2, 0.25) is 10.0 Å². The normalized spacial score (nSPS) is 13.5. The van der Waals surface area contributed by atoms with Gasteiger partial charge in [0, 0.05) is 6.20 Å². The first kappa shape index (κ1) is 13.4. The average Bonchev–Trinajstić information content (AvgIpc) is 2.69. The molecule has 1 unspecified atom stereocenters. The van der Waals surface area contributed by atoms with Crippen LogP contribution in [0.25, 0.3) is 5.65 Å². The molecule has 19 heavy (non-hydrogen) atoms. The number of nitrogens with one attached hydrogen (secondary N) is 1. The van der Waals surface area contributed by atoms with E-state index in [1.54, 1.807) is 35.7 Å². The molecule has 0 spiro atoms. The fourth-order valence-electron chi connectivity index (χ4n) is 1.68. The Morgan fingerprint density at radius 3 is 2.89 bits per heavy atom. The number of nitrogens with zero attached hydrogens (tertiary/aromatic N) is 3. The van der Waals surface area contributed by atoms with Crippen molar-refractivity contribution in [3.8, 4) is 0 Å². The van der Waals surface area contributed by atoms with Gasteiger partial charge in [-0.15, -0.1) is 10.2 Å². The van der Waals surface area contributed by atoms with Gasteiger partial charge in [0.25, 0.3) is 0 Å². The third-order valence-corrected chi connectivity index (χ3v) is 3.74. The van der Waals surface area contributed by atoms with Gasteiger partial charge < -0.3 is 5.11 Å². The zero-order valence-corrected chi connectivity index (χ0v) is 10.8. The molecule has 0 aliphatic carbocycles. The summed E-state index contributed by atoms with van der Waals surface area (Å²) in [5.41, 5.74) is 0.585. The van der Waals surface area contributed by atoms with Crippen LogP contribution in [0, 0.1) is 0 Å². The lowest BCUT2D eigenvalue weighted by atomic mass is 10.3. The maximum Gasteiger partial charge on any atom is 0.320 e. The summed E-state index contributed by atoms with van der Waals surface area (Å²) in [4.78, 5) is 10.4. The fraction of sp³-hybridized carbons (Fsp3) is 0.300. The molecule has 2 aromatic heterocycles. The van der Waals surface area contributed by atoms with Crippen molar-refractivity contribution < 1.29 is 18.3 Å². The Balaban J connectivity index is 2.25. The molecule has 9 heteroatoms. The van der Waals surface area contributed by atoms with E-state index in [4.69, 9.17) is 5.11 Å². The first-order chi connectivity index (χ1) is 8.89. The van der Waals surface area contributed by atoms with E-state index in [1.165, 1.54) is 0 Å². The number of pyridine rings is 1. The summed E-state index contributed by atoms with van der Waals surface area (Å²) >= 11 is 0. The number of aromatic nitrogens is 3. The molecule has 0 aromatic carbocycles. The average molecular weight is 284 g/mol. The molecule has 2 rings (SSSR count). The monoisotopic (exact) mass is 284 g/mol. The minimum atomic E-state index is -3.91. The van der Waals surface area contributed by atoms with Crippen LogP contribution in [0.15, 0.2) is 24.4 Å². The molecule has 0 aliphatic rings. The molecule has 0 amide bonds. The lowest BCUT2D eigenvalue weighted by molar-refractivity contribution is -0.134. The fourth-order valence-corrected chi connectivity index (χ4v) is 2.73. The van der Waals surface area contributed by atoms with Crippen LogP contribution >= 0.6 is 0 Å². The van der Waals surface area contributed by atoms with Gasteiger partial charge in [-0.25, -0.2) is 13.1 Å². The molecule has 1 atom stereocenters. The van der Waals surface area contributed by atoms with E-state index in [1.807, 2.05) is 0 Å². The van der Waals surface area contributed by atoms with Gasteiger partial charge in [0.15, 0.2) is 17.2 Å². The Morgan fingerprint density at radius 1 is 1.47 bits per heavy atom. The summed E-state index contributed by atoms with van der Waals surface area (Å²) in [5.74, 6) is -2.00. The first-order valence-electron chi connectivity index (χ1n) is 5.40. The van der Waals surface area contributed by atoms with Gasteiger partial charge in [-0.1, -0.05) is 6.07 Å². The van der Waals surface area contributed by atoms with Gasteiger partial charge in [0.05, 0.1) is 6.04 Å². The minimum absolute atomic E-state index is 0.393. The van der Waals surface area contributed by atoms with Crippen molar-refractivity contribution in [2.75, 3.05) is 5.75 Å². The molecule has 0 fully saturated rings. The molecular formula is C10H12N4O4S. The summed E-state index contributed by atoms with van der Waals surface area (Å²) in [6.07, 6.45) is 1.70. The molecule has 0 aliphatic heterocycles. The maximum absolute atomic E-state index is 11.5. The third-order valence-electron chi connectivity index (χ3n) is 2.40. The Kier molecular flexibility index (Phi) is 3.49. The largest absolute Gasteiger partial charge is 0.480 e. The van der Waals surface area contributed by atoms with Gasteiger partial charge in [0.1, 0.15) is 0 Å². The van der Waals surface area contributed by atoms with E-state index in [0.29, 0.717) is 11.5 Å². The zero-order valence-electron chi connectivity index (χ0n) is 10.0. The van der Waals surface area contributed by atoms with E-state index in [2.05, 4.69) is 14.9 Å². The Hall–Kier alpha value is -2.00. The Bertz CT molecular complexity index is 709. The SMILES string of the molecule is CC(NS(=O)(=O)CC(=O)O)c1nnc2ccccn12. The van der Waals surface area contributed by atoms with Crippen LogP contribution in [0.1, 0.15) is 18.8 Å². The highest BCUT2D eigenvalue weighted by molar-refractivity contribution is 7.90. The lowest BCUT2D eigenvalue weighted by Gasteiger charge is -2.11. The highest BCUT2D eigenvalue weighted by Gasteiger charge is 2.22. The smallest absolute Gasteiger partial charge is 0.320 e. The van der Waals surface area contributed by atoms with Gasteiger partial charge in [-0.3, -0.25) is 9.20 Å². The molecule has 102 valence electrons. The molecular weight excluding hydrogens is 272 g/mol. The van der Waals surface area contributed by atoms with E-state index in [0.717, 1.165) is 0 Å². The van der Waals surface area contributed by atoms with Crippen LogP contribution in [-0.4, -0.2) is 39.8 Å². The predicted molar refractivity (Wildman–Crippen MR) is 66.0 cm³/mol. The van der Waals surface area contributed by atoms with E-state index in [9.17, 15) is 13.2 Å². The Labute approximate surface area is 109 Å². The van der Waals surface area contributed by atoms with Gasteiger partial charge in [-0.2, -0.15) is 0 Å². The number of carboxylic acids is 1. The van der Waals surface area contributed by atoms with E-state index >= 15 is 0 Å². The quantitative estimate of drug-likeness (QED) is 0.785. The number of rotatable bonds is 5. The second-order valence-corrected chi connectivity index (χ2v) is 5.73. The molecule has 2 N–H and O–H groups in total. The minimum Gasteiger partial charge on any atom is -0.480 e. The summed E-state index contributed by atoms with van der Waals surface area (Å²) < 4.78 is 26.9. The van der Waals surface area contributed by atoms with Gasteiger partial charge >= 0.3 is 5.97 Å². The van der Waals surface area contributed by atoms with Crippen molar-refractivity contribution in [2.45, 2.75) is 13.0 Å². The molecule has 2 aromatic rings. The van der Waals surface area contributed by atoms with Crippen molar-refractivity contribution in [3.05, 3.63) is 30.2 Å². The summed E-state index contributed by atoms with van der Waals surface area (Å²) in [5, 5.41) is 16.3. The van der Waals surface area contributed by atoms with Crippen molar-refractivity contribution in [2.24, 2.45) is 0 Å². The number of hydrogen-bond acceptors (Lipinski definition) is 5. The van der Waals surface area contributed by atoms with Crippen molar-refractivity contribution in [3.63, 3.8) is 0 Å². The van der Waals surface area contributed by atoms with Crippen LogP contribution in [0.2, 0.25) is 0 Å². The first-order valence-corrected chi connectivity index (χ1v) is 7.06. The third kappa shape index (κ3) is 3.06. The summed E-state index contributed by atoms with van der Waals surface area (Å²) in [6, 6.07) is 4.60. The molecule has 0 saturated heterocycles. The molecule has 0 bridgehead atoms. The predicted octanol–water partition coefficient (Wildman–Crippen LogP) is -0.206. The standard InChI is InChI=1S/C10H12N4O4S/c1-7(13-19(17,18)6-9(15)16)10-12-11-8-4-2-3-5-14(8)10/h2-5,7,13H,6H2,1H3,(H,15,16). The second-order valence-electron chi connectivity index (χ2n) is 3.98. The summed E-state index contributed by atoms with van der Waals surface area (Å²) in [6.45, 7) is 1.57. The molecule has 0 saturated carbocycles. The van der Waals surface area contributed by atoms with Gasteiger partial charge in [-0.05, 0) is 19.1 Å². The maximum atomic E-state index is 11.5. The second kappa shape index (κ2) is 4.94. The number of sulfonamides is 1. The number of carbonyl (C=O) groups is 1. The van der Waals surface area contributed by atoms with Crippen LogP contribution in [-0.2, 0) is 14.8 Å². The number of fused-ring (bicyclic) bond motifs is 1. The highest BCUT2D eigenvalue weighted by Crippen LogP contribution is 2.12. The number of hydrogen-bond donors (Lipinski definition) is 2. The lowest BCUT2D eigenvalue weighted by Crippen LogP contribution is -2.32. The van der Waals surface area contributed by atoms with Crippen molar-refractivity contribution >= 4 is 21.6 Å². The highest BCUT2D eigenvalue weighted by atomic mass is 32.2. The topological polar surface area (TPSA) is 114 Å². The molecule has 0 radical (unpaired) electrons. The van der Waals surface area contributed by atoms with Crippen molar-refractivity contribution in [1.29, 1.82) is 0 Å². The van der Waals surface area contributed by atoms with E-state index in [-0.39, 0.29) is 0 Å². The van der Waals surface area contributed by atoms with E-state index < -0.39 is 27.8 Å². The number of aliphatic carboxylic acids is 1. The van der Waals surface area contributed by atoms with Crippen LogP contribution in [0.3, 0.4) is 0 Å². The molecule has 2 heterocycles. The summed E-state index contributed by atoms with van der Waals surface area (Å²) in [7, 11) is -3.91.